The molecule has 0 saturated carbocycles. The van der Waals surface area contributed by atoms with Crippen molar-refractivity contribution in [1.82, 2.24) is 4.90 Å². The van der Waals surface area contributed by atoms with Gasteiger partial charge < -0.3 is 10.5 Å². The minimum Gasteiger partial charge on any atom is -0.465 e. The van der Waals surface area contributed by atoms with E-state index in [2.05, 4.69) is 37.0 Å². The number of carbonyl (C=O) groups is 1. The molecule has 7 nitrogen and oxygen atoms in total. The fourth-order valence-corrected chi connectivity index (χ4v) is 4.40. The Hall–Kier alpha value is -3.60. The van der Waals surface area contributed by atoms with Crippen molar-refractivity contribution in [3.63, 3.8) is 0 Å². The van der Waals surface area contributed by atoms with Gasteiger partial charge in [-0.25, -0.2) is 4.79 Å². The number of nitrogens with zero attached hydrogens (tertiary/aromatic N) is 4. The van der Waals surface area contributed by atoms with Gasteiger partial charge in [-0.15, -0.1) is 0 Å². The summed E-state index contributed by atoms with van der Waals surface area (Å²) in [4.78, 5) is 14.0. The number of benzene rings is 1. The maximum Gasteiger partial charge on any atom is 0.337 e. The van der Waals surface area contributed by atoms with E-state index in [1.165, 1.54) is 7.11 Å². The Kier molecular flexibility index (Phi) is 5.65. The number of ether oxygens (including phenoxy) is 1. The molecular weight excluding hydrogens is 378 g/mol. The predicted molar refractivity (Wildman–Crippen MR) is 109 cm³/mol. The molecule has 30 heavy (non-hydrogen) atoms. The van der Waals surface area contributed by atoms with Crippen LogP contribution in [0, 0.1) is 45.3 Å². The summed E-state index contributed by atoms with van der Waals surface area (Å²) in [6.07, 6.45) is 1.91. The van der Waals surface area contributed by atoms with Crippen molar-refractivity contribution in [3.05, 3.63) is 58.3 Å². The van der Waals surface area contributed by atoms with Gasteiger partial charge in [0.05, 0.1) is 42.2 Å². The van der Waals surface area contributed by atoms with Crippen molar-refractivity contribution in [2.75, 3.05) is 20.2 Å². The van der Waals surface area contributed by atoms with E-state index in [0.717, 1.165) is 5.56 Å². The van der Waals surface area contributed by atoms with Crippen LogP contribution in [0.4, 0.5) is 0 Å². The molecule has 0 radical (unpaired) electrons. The first-order valence-electron chi connectivity index (χ1n) is 9.70. The second-order valence-corrected chi connectivity index (χ2v) is 7.82. The maximum atomic E-state index is 11.8. The number of fused-ring (bicyclic) bond motifs is 1. The highest BCUT2D eigenvalue weighted by Crippen LogP contribution is 2.52. The highest BCUT2D eigenvalue weighted by atomic mass is 16.5. The lowest BCUT2D eigenvalue weighted by Gasteiger charge is -2.46. The Morgan fingerprint density at radius 3 is 2.37 bits per heavy atom. The van der Waals surface area contributed by atoms with Crippen molar-refractivity contribution in [1.29, 1.82) is 15.8 Å². The van der Waals surface area contributed by atoms with Crippen molar-refractivity contribution in [2.24, 2.45) is 17.1 Å². The Morgan fingerprint density at radius 2 is 1.87 bits per heavy atom. The molecule has 7 heteroatoms. The fraction of sp³-hybridized carbons (Fsp3) is 0.391. The number of esters is 1. The monoisotopic (exact) mass is 401 g/mol. The maximum absolute atomic E-state index is 11.8. The van der Waals surface area contributed by atoms with E-state index >= 15 is 0 Å². The van der Waals surface area contributed by atoms with Crippen LogP contribution in [0.15, 0.2) is 47.2 Å². The van der Waals surface area contributed by atoms with Crippen molar-refractivity contribution in [2.45, 2.75) is 25.8 Å². The Morgan fingerprint density at radius 1 is 1.23 bits per heavy atom. The normalized spacial score (nSPS) is 22.9. The molecule has 0 saturated heterocycles. The van der Waals surface area contributed by atoms with Crippen LogP contribution in [-0.2, 0) is 4.74 Å². The van der Waals surface area contributed by atoms with Crippen LogP contribution in [-0.4, -0.2) is 37.1 Å². The summed E-state index contributed by atoms with van der Waals surface area (Å²) in [5.41, 5.74) is 6.75. The zero-order valence-corrected chi connectivity index (χ0v) is 17.2. The summed E-state index contributed by atoms with van der Waals surface area (Å²) in [5, 5.41) is 29.8. The van der Waals surface area contributed by atoms with Gasteiger partial charge in [-0.05, 0) is 37.1 Å². The number of rotatable bonds is 3. The molecular formula is C23H23N5O2. The summed E-state index contributed by atoms with van der Waals surface area (Å²) in [5.74, 6) is -1.12. The van der Waals surface area contributed by atoms with Gasteiger partial charge in [-0.3, -0.25) is 4.90 Å². The molecule has 0 spiro atoms. The largest absolute Gasteiger partial charge is 0.465 e. The zero-order chi connectivity index (χ0) is 22.1. The van der Waals surface area contributed by atoms with Crippen molar-refractivity contribution >= 4 is 5.97 Å². The Labute approximate surface area is 176 Å². The standard InChI is InChI=1S/C23H23N5O2/c1-14(2)28-9-8-19-18(11-28)20(15-4-6-16(7-5-15)22(29)30-3)17(10-24)21(27)23(19,12-25)13-26/h4-8,14,18,20H,9,11,27H2,1-3H3/t18-,20-/m1/s1. The second-order valence-electron chi connectivity index (χ2n) is 7.82. The highest BCUT2D eigenvalue weighted by molar-refractivity contribution is 5.89. The average Bonchev–Trinajstić information content (AvgIpc) is 2.78. The molecule has 3 rings (SSSR count). The van der Waals surface area contributed by atoms with E-state index in [4.69, 9.17) is 10.5 Å². The smallest absolute Gasteiger partial charge is 0.337 e. The number of carbonyl (C=O) groups excluding carboxylic acids is 1. The van der Waals surface area contributed by atoms with E-state index < -0.39 is 17.3 Å². The van der Waals surface area contributed by atoms with Crippen LogP contribution < -0.4 is 5.73 Å². The highest BCUT2D eigenvalue weighted by Gasteiger charge is 2.52. The summed E-state index contributed by atoms with van der Waals surface area (Å²) in [7, 11) is 1.32. The van der Waals surface area contributed by atoms with Crippen molar-refractivity contribution < 1.29 is 9.53 Å². The zero-order valence-electron chi connectivity index (χ0n) is 17.2. The van der Waals surface area contributed by atoms with Crippen LogP contribution in [0.2, 0.25) is 0 Å². The summed E-state index contributed by atoms with van der Waals surface area (Å²) < 4.78 is 4.76. The SMILES string of the molecule is COC(=O)c1ccc([C@@H]2C(C#N)=C(N)C(C#N)(C#N)C3=CCN(C(C)C)C[C@H]32)cc1. The lowest BCUT2D eigenvalue weighted by atomic mass is 9.60. The van der Waals surface area contributed by atoms with Gasteiger partial charge in [-0.1, -0.05) is 18.2 Å². The first-order chi connectivity index (χ1) is 14.3. The number of hydrogen-bond acceptors (Lipinski definition) is 7. The second kappa shape index (κ2) is 8.03. The molecule has 1 aliphatic carbocycles. The molecule has 1 aliphatic heterocycles. The van der Waals surface area contributed by atoms with Gasteiger partial charge in [0.1, 0.15) is 0 Å². The van der Waals surface area contributed by atoms with Crippen LogP contribution in [0.25, 0.3) is 0 Å². The van der Waals surface area contributed by atoms with Crippen LogP contribution in [0.1, 0.15) is 35.7 Å². The van der Waals surface area contributed by atoms with Crippen LogP contribution in [0.3, 0.4) is 0 Å². The van der Waals surface area contributed by atoms with E-state index in [0.29, 0.717) is 24.2 Å². The topological polar surface area (TPSA) is 127 Å². The van der Waals surface area contributed by atoms with E-state index in [1.807, 2.05) is 6.08 Å². The molecule has 0 amide bonds. The first kappa shape index (κ1) is 21.1. The summed E-state index contributed by atoms with van der Waals surface area (Å²) >= 11 is 0. The number of methoxy groups -OCH3 is 1. The number of nitrogens with two attached hydrogens (primary N) is 1. The summed E-state index contributed by atoms with van der Waals surface area (Å²) in [6, 6.07) is 13.4. The molecule has 152 valence electrons. The third-order valence-electron chi connectivity index (χ3n) is 6.09. The molecule has 0 unspecified atom stereocenters. The fourth-order valence-electron chi connectivity index (χ4n) is 4.40. The van der Waals surface area contributed by atoms with E-state index in [9.17, 15) is 20.6 Å². The average molecular weight is 401 g/mol. The molecule has 0 aromatic heterocycles. The van der Waals surface area contributed by atoms with Gasteiger partial charge in [0.2, 0.25) is 5.41 Å². The van der Waals surface area contributed by atoms with Gasteiger partial charge >= 0.3 is 5.97 Å². The summed E-state index contributed by atoms with van der Waals surface area (Å²) in [6.45, 7) is 5.37. The number of allylic oxidation sites excluding steroid dienone is 2. The van der Waals surface area contributed by atoms with Crippen molar-refractivity contribution in [3.8, 4) is 18.2 Å². The molecule has 2 N–H and O–H groups in total. The van der Waals surface area contributed by atoms with E-state index in [-0.39, 0.29) is 23.2 Å². The minimum atomic E-state index is -1.64. The quantitative estimate of drug-likeness (QED) is 0.609. The molecule has 1 aromatic carbocycles. The third-order valence-corrected chi connectivity index (χ3v) is 6.09. The van der Waals surface area contributed by atoms with Gasteiger partial charge in [0.15, 0.2) is 0 Å². The third kappa shape index (κ3) is 3.12. The first-order valence-corrected chi connectivity index (χ1v) is 9.70. The van der Waals surface area contributed by atoms with Gasteiger partial charge in [0.25, 0.3) is 0 Å². The lowest BCUT2D eigenvalue weighted by molar-refractivity contribution is 0.0600. The molecule has 1 aromatic rings. The molecule has 0 bridgehead atoms. The Balaban J connectivity index is 2.21. The predicted octanol–water partition coefficient (Wildman–Crippen LogP) is 2.61. The molecule has 2 aliphatic rings. The molecule has 2 atom stereocenters. The van der Waals surface area contributed by atoms with Gasteiger partial charge in [-0.2, -0.15) is 15.8 Å². The van der Waals surface area contributed by atoms with Crippen LogP contribution >= 0.6 is 0 Å². The molecule has 0 fully saturated rings. The van der Waals surface area contributed by atoms with Gasteiger partial charge in [0, 0.05) is 31.0 Å². The van der Waals surface area contributed by atoms with E-state index in [1.54, 1.807) is 24.3 Å². The number of hydrogen-bond donors (Lipinski definition) is 1. The minimum absolute atomic E-state index is 0.00228. The lowest BCUT2D eigenvalue weighted by Crippen LogP contribution is -2.48. The molecule has 1 heterocycles. The van der Waals surface area contributed by atoms with Crippen LogP contribution in [0.5, 0.6) is 0 Å². The number of nitriles is 3. The Bertz CT molecular complexity index is 1030.